The summed E-state index contributed by atoms with van der Waals surface area (Å²) in [6.07, 6.45) is 42.4. The van der Waals surface area contributed by atoms with Crippen LogP contribution in [0.25, 0.3) is 0 Å². The Bertz CT molecular complexity index is 1580. The first-order valence-electron chi connectivity index (χ1n) is 24.8. The Morgan fingerprint density at radius 1 is 0.375 bits per heavy atom. The van der Waals surface area contributed by atoms with Crippen molar-refractivity contribution in [1.82, 2.24) is 42.5 Å². The van der Waals surface area contributed by atoms with Crippen LogP contribution in [0.15, 0.2) is 36.0 Å². The number of rotatable bonds is 0. The van der Waals surface area contributed by atoms with E-state index in [9.17, 15) is 0 Å². The first-order valence-corrected chi connectivity index (χ1v) is 24.8. The lowest BCUT2D eigenvalue weighted by atomic mass is 9.63. The second-order valence-electron chi connectivity index (χ2n) is 22.4. The summed E-state index contributed by atoms with van der Waals surface area (Å²) in [5.74, 6) is 11.4. The normalized spacial score (nSPS) is 58.0. The molecule has 8 heteroatoms. The predicted molar refractivity (Wildman–Crippen MR) is 222 cm³/mol. The molecule has 5 heterocycles. The Balaban J connectivity index is 0.873. The highest BCUT2D eigenvalue weighted by molar-refractivity contribution is 5.30. The predicted octanol–water partition coefficient (Wildman–Crippen LogP) is 6.18. The molecule has 8 N–H and O–H groups in total. The number of fused-ring (bicyclic) bond motifs is 24. The van der Waals surface area contributed by atoms with Gasteiger partial charge in [0.1, 0.15) is 0 Å². The Morgan fingerprint density at radius 2 is 0.804 bits per heavy atom. The quantitative estimate of drug-likeness (QED) is 0.139. The molecule has 0 amide bonds. The van der Waals surface area contributed by atoms with Crippen LogP contribution in [0.5, 0.6) is 0 Å². The van der Waals surface area contributed by atoms with Crippen molar-refractivity contribution >= 4 is 0 Å². The lowest BCUT2D eigenvalue weighted by molar-refractivity contribution is 0.0650. The molecule has 0 aromatic carbocycles. The van der Waals surface area contributed by atoms with Crippen LogP contribution in [0.3, 0.4) is 0 Å². The monoisotopic (exact) mass is 763 g/mol. The Hall–Kier alpha value is -1.10. The number of hydrogen-bond donors (Lipinski definition) is 8. The summed E-state index contributed by atoms with van der Waals surface area (Å²) in [6, 6.07) is 0. The molecule has 13 rings (SSSR count). The number of nitrogens with one attached hydrogen (secondary N) is 8. The van der Waals surface area contributed by atoms with E-state index in [2.05, 4.69) is 72.9 Å². The lowest BCUT2D eigenvalue weighted by Gasteiger charge is -2.45. The van der Waals surface area contributed by atoms with E-state index in [0.29, 0.717) is 96.7 Å². The smallest absolute Gasteiger partial charge is 0.0664 e. The fraction of sp³-hybridized carbons (Fsp3) is 0.875. The van der Waals surface area contributed by atoms with Gasteiger partial charge in [0, 0.05) is 5.92 Å². The van der Waals surface area contributed by atoms with Crippen LogP contribution >= 0.6 is 0 Å². The highest BCUT2D eigenvalue weighted by atomic mass is 15.4. The topological polar surface area (TPSA) is 96.2 Å². The van der Waals surface area contributed by atoms with Gasteiger partial charge in [-0.2, -0.15) is 0 Å². The Morgan fingerprint density at radius 3 is 1.32 bits per heavy atom. The Labute approximate surface area is 337 Å². The highest BCUT2D eigenvalue weighted by Gasteiger charge is 2.58. The second kappa shape index (κ2) is 14.2. The molecule has 5 aliphatic heterocycles. The molecular formula is C48H74N8. The zero-order chi connectivity index (χ0) is 36.5. The summed E-state index contributed by atoms with van der Waals surface area (Å²) >= 11 is 0. The maximum atomic E-state index is 4.49. The molecule has 8 nitrogen and oxygen atoms in total. The molecule has 23 atom stereocenters. The molecular weight excluding hydrogens is 689 g/mol. The molecule has 0 aromatic rings. The molecule has 56 heavy (non-hydrogen) atoms. The standard InChI is InChI=1S/C48H74N8/c1-2-10-26-18-34-33(17-25(26)9-1)41-49-42(34)54-44-37-21-29-13-5-6-14-30(29)22-38(37)46(51-44)56-48-40-24-32-16-8-7-15-31(32)23-39(40)47(52-48)55-45-36-20-28-12-4-3-11-27(28)19-35(36)43(50-45)53-41/h1,8-9,16-17,26-56H,2-7,10-15,18-24H2. The molecule has 13 aliphatic rings. The molecule has 5 saturated heterocycles. The van der Waals surface area contributed by atoms with Crippen LogP contribution in [0.4, 0.5) is 0 Å². The van der Waals surface area contributed by atoms with Crippen LogP contribution in [-0.4, -0.2) is 49.3 Å². The van der Waals surface area contributed by atoms with Crippen LogP contribution in [-0.2, 0) is 0 Å². The van der Waals surface area contributed by atoms with Crippen molar-refractivity contribution in [2.75, 3.05) is 0 Å². The van der Waals surface area contributed by atoms with Crippen LogP contribution < -0.4 is 42.5 Å². The van der Waals surface area contributed by atoms with Gasteiger partial charge in [0.2, 0.25) is 0 Å². The molecule has 10 fully saturated rings. The summed E-state index contributed by atoms with van der Waals surface area (Å²) < 4.78 is 0. The van der Waals surface area contributed by atoms with Crippen molar-refractivity contribution in [2.24, 2.45) is 88.8 Å². The summed E-state index contributed by atoms with van der Waals surface area (Å²) in [6.45, 7) is 0. The highest BCUT2D eigenvalue weighted by Crippen LogP contribution is 2.54. The molecule has 5 saturated carbocycles. The maximum absolute atomic E-state index is 4.49. The second-order valence-corrected chi connectivity index (χ2v) is 22.4. The molecule has 306 valence electrons. The fourth-order valence-electron chi connectivity index (χ4n) is 17.4. The van der Waals surface area contributed by atoms with Crippen LogP contribution in [0.2, 0.25) is 0 Å². The van der Waals surface area contributed by atoms with Gasteiger partial charge in [-0.1, -0.05) is 81.7 Å². The maximum Gasteiger partial charge on any atom is 0.0664 e. The SMILES string of the molecule is C1=CC2=CC3C4NC(NC5NC(NC6NC(NC7NC(N4)C4CC8CCCCC8CC74)C4CC7CCC=CC7CC64)C4CC6CCCCC6CC54)C3CC2CC1. The van der Waals surface area contributed by atoms with Gasteiger partial charge in [0.25, 0.3) is 0 Å². The summed E-state index contributed by atoms with van der Waals surface area (Å²) in [5.41, 5.74) is 1.64. The van der Waals surface area contributed by atoms with Gasteiger partial charge in [-0.15, -0.1) is 0 Å². The van der Waals surface area contributed by atoms with Gasteiger partial charge >= 0.3 is 0 Å². The molecule has 0 spiro atoms. The van der Waals surface area contributed by atoms with Crippen molar-refractivity contribution in [3.05, 3.63) is 36.0 Å². The molecule has 8 aliphatic carbocycles. The van der Waals surface area contributed by atoms with Crippen molar-refractivity contribution in [3.63, 3.8) is 0 Å². The number of allylic oxidation sites excluding steroid dienone is 5. The van der Waals surface area contributed by atoms with E-state index in [1.807, 2.05) is 0 Å². The van der Waals surface area contributed by atoms with E-state index >= 15 is 0 Å². The minimum atomic E-state index is 0.295. The van der Waals surface area contributed by atoms with Gasteiger partial charge in [-0.05, 0) is 159 Å². The van der Waals surface area contributed by atoms with Crippen LogP contribution in [0.1, 0.15) is 122 Å². The van der Waals surface area contributed by atoms with Gasteiger partial charge < -0.3 is 0 Å². The van der Waals surface area contributed by atoms with Gasteiger partial charge in [-0.25, -0.2) is 0 Å². The zero-order valence-electron chi connectivity index (χ0n) is 34.1. The van der Waals surface area contributed by atoms with E-state index in [1.54, 1.807) is 5.57 Å². The van der Waals surface area contributed by atoms with E-state index in [4.69, 9.17) is 0 Å². The summed E-state index contributed by atoms with van der Waals surface area (Å²) in [7, 11) is 0. The van der Waals surface area contributed by atoms with E-state index in [1.165, 1.54) is 122 Å². The molecule has 0 aromatic heterocycles. The van der Waals surface area contributed by atoms with Crippen LogP contribution in [0, 0.1) is 88.8 Å². The summed E-state index contributed by atoms with van der Waals surface area (Å²) in [4.78, 5) is 0. The third-order valence-electron chi connectivity index (χ3n) is 20.0. The van der Waals surface area contributed by atoms with E-state index in [-0.39, 0.29) is 0 Å². The fourth-order valence-corrected chi connectivity index (χ4v) is 17.4. The minimum Gasteiger partial charge on any atom is -0.286 e. The minimum absolute atomic E-state index is 0.295. The summed E-state index contributed by atoms with van der Waals surface area (Å²) in [5, 5.41) is 35.4. The molecule has 23 unspecified atom stereocenters. The first-order chi connectivity index (χ1) is 27.7. The largest absolute Gasteiger partial charge is 0.286 e. The van der Waals surface area contributed by atoms with Crippen molar-refractivity contribution in [1.29, 1.82) is 0 Å². The number of hydrogen-bond acceptors (Lipinski definition) is 8. The van der Waals surface area contributed by atoms with E-state index < -0.39 is 0 Å². The van der Waals surface area contributed by atoms with Crippen molar-refractivity contribution in [2.45, 2.75) is 171 Å². The third-order valence-corrected chi connectivity index (χ3v) is 20.0. The molecule has 0 radical (unpaired) electrons. The van der Waals surface area contributed by atoms with Crippen molar-refractivity contribution in [3.8, 4) is 0 Å². The zero-order valence-corrected chi connectivity index (χ0v) is 34.1. The van der Waals surface area contributed by atoms with Gasteiger partial charge in [0.05, 0.1) is 49.3 Å². The average molecular weight is 763 g/mol. The molecule has 8 bridgehead atoms. The van der Waals surface area contributed by atoms with E-state index in [0.717, 1.165) is 41.4 Å². The Kier molecular flexibility index (Phi) is 9.07. The first kappa shape index (κ1) is 35.6. The lowest BCUT2D eigenvalue weighted by Crippen LogP contribution is -2.61. The third kappa shape index (κ3) is 5.94. The van der Waals surface area contributed by atoms with Crippen molar-refractivity contribution < 1.29 is 0 Å². The van der Waals surface area contributed by atoms with Gasteiger partial charge in [-0.3, -0.25) is 42.5 Å². The van der Waals surface area contributed by atoms with Gasteiger partial charge in [0.15, 0.2) is 0 Å². The average Bonchev–Trinajstić information content (AvgIpc) is 3.95.